The van der Waals surface area contributed by atoms with Crippen LogP contribution in [-0.2, 0) is 55.5 Å². The van der Waals surface area contributed by atoms with Crippen LogP contribution in [0.3, 0.4) is 0 Å². The zero-order chi connectivity index (χ0) is 44.2. The molecular weight excluding hydrogens is 875 g/mol. The number of aromatic nitrogens is 4. The predicted molar refractivity (Wildman–Crippen MR) is 202 cm³/mol. The van der Waals surface area contributed by atoms with E-state index in [-0.39, 0.29) is 60.2 Å². The van der Waals surface area contributed by atoms with Gasteiger partial charge in [-0.05, 0) is 12.8 Å². The summed E-state index contributed by atoms with van der Waals surface area (Å²) in [6.07, 6.45) is -2.55. The van der Waals surface area contributed by atoms with Crippen LogP contribution >= 0.6 is 35.2 Å². The molecule has 11 N–H and O–H groups in total. The fraction of sp³-hybridized carbons (Fsp3) is 0.621. The van der Waals surface area contributed by atoms with Gasteiger partial charge in [-0.3, -0.25) is 37.3 Å². The number of carboxylic acids is 1. The number of nitrogens with two attached hydrogens (primary N) is 1. The number of phosphoric ester groups is 3. The van der Waals surface area contributed by atoms with Crippen LogP contribution in [0, 0.1) is 5.41 Å². The van der Waals surface area contributed by atoms with Crippen LogP contribution in [0.1, 0.15) is 52.2 Å². The van der Waals surface area contributed by atoms with Crippen molar-refractivity contribution in [2.75, 3.05) is 37.8 Å². The molecule has 0 aliphatic carbocycles. The summed E-state index contributed by atoms with van der Waals surface area (Å²) in [5, 5.41) is 34.8. The lowest BCUT2D eigenvalue weighted by molar-refractivity contribution is -0.137. The largest absolute Gasteiger partial charge is 0.481 e. The number of aliphatic hydroxyl groups excluding tert-OH is 2. The molecule has 0 aromatic carbocycles. The number of nitrogen functional groups attached to an aromatic ring is 1. The minimum absolute atomic E-state index is 0.00274. The van der Waals surface area contributed by atoms with Gasteiger partial charge in [-0.1, -0.05) is 37.8 Å². The number of nitrogens with zero attached hydrogens (tertiary/aromatic N) is 4. The number of carbonyl (C=O) groups is 4. The highest BCUT2D eigenvalue weighted by molar-refractivity contribution is 8.13. The molecule has 59 heavy (non-hydrogen) atoms. The number of nitrogens with one attached hydrogen (secondary N) is 2. The molecule has 3 heterocycles. The van der Waals surface area contributed by atoms with E-state index in [4.69, 9.17) is 24.6 Å². The van der Waals surface area contributed by atoms with Gasteiger partial charge in [-0.25, -0.2) is 28.6 Å². The molecule has 2 amide bonds. The molecule has 3 rings (SSSR count). The van der Waals surface area contributed by atoms with E-state index in [1.165, 1.54) is 13.8 Å². The Hall–Kier alpha value is -3.23. The Labute approximate surface area is 339 Å². The van der Waals surface area contributed by atoms with Gasteiger partial charge >= 0.3 is 29.4 Å². The van der Waals surface area contributed by atoms with Gasteiger partial charge in [0, 0.05) is 43.5 Å². The van der Waals surface area contributed by atoms with Gasteiger partial charge in [0.15, 0.2) is 22.8 Å². The molecular formula is C29H46N7O19P3S. The number of phosphoric acid groups is 3. The third kappa shape index (κ3) is 16.6. The Morgan fingerprint density at radius 2 is 1.66 bits per heavy atom. The van der Waals surface area contributed by atoms with Crippen molar-refractivity contribution >= 4 is 75.1 Å². The number of carboxylic acid groups (broad SMARTS) is 1. The number of aliphatic hydroxyl groups is 2. The zero-order valence-electron chi connectivity index (χ0n) is 31.4. The second kappa shape index (κ2) is 22.0. The average Bonchev–Trinajstić information content (AvgIpc) is 3.69. The maximum absolute atomic E-state index is 12.7. The van der Waals surface area contributed by atoms with E-state index < -0.39 is 90.5 Å². The number of anilines is 1. The number of ether oxygens (including phenoxy) is 1. The van der Waals surface area contributed by atoms with Gasteiger partial charge in [0.1, 0.15) is 36.3 Å². The number of thioether (sulfide) groups is 1. The fourth-order valence-corrected chi connectivity index (χ4v) is 8.53. The third-order valence-corrected chi connectivity index (χ3v) is 12.0. The van der Waals surface area contributed by atoms with Gasteiger partial charge in [0.05, 0.1) is 19.5 Å². The fourth-order valence-electron chi connectivity index (χ4n) is 5.01. The molecule has 0 bridgehead atoms. The summed E-state index contributed by atoms with van der Waals surface area (Å²) in [5.74, 6) is -2.15. The normalized spacial score (nSPS) is 21.2. The van der Waals surface area contributed by atoms with E-state index in [9.17, 15) is 62.7 Å². The number of amides is 2. The first kappa shape index (κ1) is 50.1. The second-order valence-corrected chi connectivity index (χ2v) is 18.6. The summed E-state index contributed by atoms with van der Waals surface area (Å²) in [5.41, 5.74) is 4.22. The molecule has 1 aliphatic rings. The summed E-state index contributed by atoms with van der Waals surface area (Å²) in [4.78, 5) is 98.0. The van der Waals surface area contributed by atoms with Gasteiger partial charge in [0.25, 0.3) is 0 Å². The molecule has 2 aromatic heterocycles. The Morgan fingerprint density at radius 1 is 1.00 bits per heavy atom. The maximum atomic E-state index is 12.7. The number of carbonyl (C=O) groups excluding carboxylic acids is 3. The van der Waals surface area contributed by atoms with Crippen LogP contribution in [0.4, 0.5) is 5.82 Å². The van der Waals surface area contributed by atoms with E-state index in [1.54, 1.807) is 12.2 Å². The van der Waals surface area contributed by atoms with Crippen molar-refractivity contribution in [3.05, 3.63) is 24.8 Å². The first-order chi connectivity index (χ1) is 27.4. The molecule has 1 saturated heterocycles. The van der Waals surface area contributed by atoms with Crippen molar-refractivity contribution in [1.29, 1.82) is 0 Å². The minimum Gasteiger partial charge on any atom is -0.481 e. The molecule has 332 valence electrons. The number of rotatable bonds is 25. The zero-order valence-corrected chi connectivity index (χ0v) is 34.9. The average molecular weight is 922 g/mol. The SMILES string of the molecule is CC(C)(COP(=O)(O)OP(=O)(O)OCC1OC(n2cnc3c(N)ncnc32)C(O)C1OP(=O)(O)O)C(O)C(=O)NCCC(=O)NCCSC(=O)CC/C=C/CCC(=O)O. The monoisotopic (exact) mass is 921 g/mol. The molecule has 7 atom stereocenters. The molecule has 0 spiro atoms. The number of aliphatic carboxylic acids is 1. The summed E-state index contributed by atoms with van der Waals surface area (Å²) >= 11 is 1.01. The van der Waals surface area contributed by atoms with E-state index in [2.05, 4.69) is 34.4 Å². The highest BCUT2D eigenvalue weighted by atomic mass is 32.2. The summed E-state index contributed by atoms with van der Waals surface area (Å²) in [7, 11) is -16.4. The van der Waals surface area contributed by atoms with Crippen LogP contribution in [-0.4, -0.2) is 134 Å². The van der Waals surface area contributed by atoms with Crippen molar-refractivity contribution in [2.24, 2.45) is 5.41 Å². The van der Waals surface area contributed by atoms with Gasteiger partial charge in [0.2, 0.25) is 11.8 Å². The highest BCUT2D eigenvalue weighted by Gasteiger charge is 2.50. The lowest BCUT2D eigenvalue weighted by Crippen LogP contribution is -2.46. The Bertz CT molecular complexity index is 1970. The highest BCUT2D eigenvalue weighted by Crippen LogP contribution is 2.61. The minimum atomic E-state index is -5.59. The van der Waals surface area contributed by atoms with Crippen LogP contribution in [0.2, 0.25) is 0 Å². The van der Waals surface area contributed by atoms with Crippen molar-refractivity contribution in [3.8, 4) is 0 Å². The number of hydrogen-bond acceptors (Lipinski definition) is 19. The smallest absolute Gasteiger partial charge is 0.481 e. The summed E-state index contributed by atoms with van der Waals surface area (Å²) in [6, 6.07) is 0. The number of allylic oxidation sites excluding steroid dienone is 2. The van der Waals surface area contributed by atoms with Crippen LogP contribution < -0.4 is 16.4 Å². The molecule has 0 radical (unpaired) electrons. The maximum Gasteiger partial charge on any atom is 0.481 e. The predicted octanol–water partition coefficient (Wildman–Crippen LogP) is -0.134. The van der Waals surface area contributed by atoms with Crippen LogP contribution in [0.5, 0.6) is 0 Å². The van der Waals surface area contributed by atoms with E-state index in [0.717, 1.165) is 29.0 Å². The lowest BCUT2D eigenvalue weighted by atomic mass is 9.87. The van der Waals surface area contributed by atoms with E-state index in [0.29, 0.717) is 12.8 Å². The molecule has 0 saturated carbocycles. The van der Waals surface area contributed by atoms with Crippen LogP contribution in [0.15, 0.2) is 24.8 Å². The Morgan fingerprint density at radius 3 is 2.32 bits per heavy atom. The van der Waals surface area contributed by atoms with E-state index >= 15 is 0 Å². The Kier molecular flexibility index (Phi) is 18.7. The summed E-state index contributed by atoms with van der Waals surface area (Å²) in [6.45, 7) is 0.345. The van der Waals surface area contributed by atoms with Crippen LogP contribution in [0.25, 0.3) is 11.2 Å². The summed E-state index contributed by atoms with van der Waals surface area (Å²) < 4.78 is 62.1. The van der Waals surface area contributed by atoms with Gasteiger partial charge in [-0.2, -0.15) is 4.31 Å². The molecule has 1 fully saturated rings. The van der Waals surface area contributed by atoms with Crippen molar-refractivity contribution in [2.45, 2.75) is 76.6 Å². The number of fused-ring (bicyclic) bond motifs is 1. The van der Waals surface area contributed by atoms with Gasteiger partial charge in [-0.15, -0.1) is 0 Å². The first-order valence-electron chi connectivity index (χ1n) is 17.3. The van der Waals surface area contributed by atoms with Crippen molar-refractivity contribution in [3.63, 3.8) is 0 Å². The van der Waals surface area contributed by atoms with E-state index in [1.807, 2.05) is 0 Å². The molecule has 30 heteroatoms. The number of imidazole rings is 1. The third-order valence-electron chi connectivity index (χ3n) is 7.97. The molecule has 26 nitrogen and oxygen atoms in total. The van der Waals surface area contributed by atoms with Crippen molar-refractivity contribution in [1.82, 2.24) is 30.2 Å². The standard InChI is InChI=1S/C29H46N7O19P3S/c1-29(2,24(42)27(43)32-10-9-18(37)31-11-12-59-20(40)8-6-4-3-5-7-19(38)39)14-52-58(49,50)55-57(47,48)51-13-17-23(54-56(44,45)46)22(41)28(53-17)36-16-35-21-25(30)33-15-34-26(21)36/h3-4,15-17,22-24,28,41-42H,5-14H2,1-2H3,(H,31,37)(H,32,43)(H,38,39)(H,47,48)(H,49,50)(H2,30,33,34)(H2,44,45,46)/b4-3+. The first-order valence-corrected chi connectivity index (χ1v) is 22.8. The molecule has 1 aliphatic heterocycles. The topological polar surface area (TPSA) is 401 Å². The lowest BCUT2D eigenvalue weighted by Gasteiger charge is -2.30. The molecule has 2 aromatic rings. The second-order valence-electron chi connectivity index (χ2n) is 13.2. The number of hydrogen-bond donors (Lipinski definition) is 10. The Balaban J connectivity index is 1.43. The van der Waals surface area contributed by atoms with Gasteiger partial charge < -0.3 is 56.0 Å². The quantitative estimate of drug-likeness (QED) is 0.0352. The van der Waals surface area contributed by atoms with Crippen molar-refractivity contribution < 1.29 is 90.4 Å². The molecule has 7 unspecified atom stereocenters.